The summed E-state index contributed by atoms with van der Waals surface area (Å²) in [7, 11) is 0. The lowest BCUT2D eigenvalue weighted by atomic mass is 9.98. The molecule has 0 saturated carbocycles. The summed E-state index contributed by atoms with van der Waals surface area (Å²) in [5.41, 5.74) is 2.01. The summed E-state index contributed by atoms with van der Waals surface area (Å²) in [5.74, 6) is 0.315. The van der Waals surface area contributed by atoms with Crippen LogP contribution < -0.4 is 5.32 Å². The number of ketones is 1. The highest BCUT2D eigenvalue weighted by atomic mass is 16.1. The molecule has 2 heteroatoms. The van der Waals surface area contributed by atoms with Gasteiger partial charge in [-0.3, -0.25) is 4.79 Å². The van der Waals surface area contributed by atoms with E-state index in [-0.39, 0.29) is 11.7 Å². The number of quaternary nitrogens is 1. The van der Waals surface area contributed by atoms with Crippen molar-refractivity contribution in [2.75, 3.05) is 13.1 Å². The van der Waals surface area contributed by atoms with Crippen molar-refractivity contribution in [3.63, 3.8) is 0 Å². The molecule has 0 saturated heterocycles. The van der Waals surface area contributed by atoms with Gasteiger partial charge in [-0.15, -0.1) is 0 Å². The zero-order valence-electron chi connectivity index (χ0n) is 11.5. The van der Waals surface area contributed by atoms with Crippen LogP contribution in [0.5, 0.6) is 0 Å². The van der Waals surface area contributed by atoms with Crippen molar-refractivity contribution in [3.8, 4) is 0 Å². The van der Waals surface area contributed by atoms with Gasteiger partial charge in [0.1, 0.15) is 0 Å². The van der Waals surface area contributed by atoms with Crippen LogP contribution in [0.2, 0.25) is 0 Å². The molecule has 1 unspecified atom stereocenters. The van der Waals surface area contributed by atoms with Gasteiger partial charge in [-0.1, -0.05) is 29.8 Å². The Morgan fingerprint density at radius 3 is 2.56 bits per heavy atom. The van der Waals surface area contributed by atoms with E-state index in [1.54, 1.807) is 0 Å². The lowest BCUT2D eigenvalue weighted by molar-refractivity contribution is -0.658. The number of hydrogen-bond acceptors (Lipinski definition) is 1. The van der Waals surface area contributed by atoms with Crippen molar-refractivity contribution in [1.29, 1.82) is 0 Å². The van der Waals surface area contributed by atoms with Gasteiger partial charge in [-0.2, -0.15) is 0 Å². The Morgan fingerprint density at radius 2 is 1.94 bits per heavy atom. The molecule has 0 aliphatic rings. The Bertz CT molecular complexity index is 356. The maximum atomic E-state index is 12.1. The van der Waals surface area contributed by atoms with Crippen LogP contribution >= 0.6 is 0 Å². The molecule has 0 spiro atoms. The minimum absolute atomic E-state index is 0.0746. The Hall–Kier alpha value is -1.15. The fraction of sp³-hybridized carbons (Fsp3) is 0.500. The quantitative estimate of drug-likeness (QED) is 0.554. The largest absolute Gasteiger partial charge is 0.346 e. The Balaban J connectivity index is 2.34. The van der Waals surface area contributed by atoms with E-state index in [9.17, 15) is 4.79 Å². The number of unbranched alkanes of at least 4 members (excludes halogenated alkanes) is 2. The second-order valence-corrected chi connectivity index (χ2v) is 4.94. The molecule has 0 fully saturated rings. The van der Waals surface area contributed by atoms with E-state index < -0.39 is 0 Å². The molecule has 2 nitrogen and oxygen atoms in total. The van der Waals surface area contributed by atoms with Crippen LogP contribution in [0.25, 0.3) is 0 Å². The highest BCUT2D eigenvalue weighted by Gasteiger charge is 2.16. The van der Waals surface area contributed by atoms with Crippen LogP contribution in [0, 0.1) is 19.8 Å². The van der Waals surface area contributed by atoms with E-state index in [0.29, 0.717) is 0 Å². The lowest BCUT2D eigenvalue weighted by Crippen LogP contribution is -2.85. The monoisotopic (exact) mass is 246 g/mol. The van der Waals surface area contributed by atoms with Gasteiger partial charge in [0, 0.05) is 5.56 Å². The Kier molecular flexibility index (Phi) is 6.66. The molecule has 1 atom stereocenters. The van der Waals surface area contributed by atoms with Crippen molar-refractivity contribution in [3.05, 3.63) is 42.3 Å². The third-order valence-corrected chi connectivity index (χ3v) is 3.17. The fourth-order valence-corrected chi connectivity index (χ4v) is 1.91. The van der Waals surface area contributed by atoms with Crippen LogP contribution in [0.15, 0.2) is 24.3 Å². The smallest absolute Gasteiger partial charge is 0.171 e. The third-order valence-electron chi connectivity index (χ3n) is 3.17. The minimum atomic E-state index is 0.0746. The van der Waals surface area contributed by atoms with Crippen LogP contribution in [0.3, 0.4) is 0 Å². The lowest BCUT2D eigenvalue weighted by Gasteiger charge is -2.09. The molecule has 1 rings (SSSR count). The van der Waals surface area contributed by atoms with Gasteiger partial charge in [0.25, 0.3) is 0 Å². The van der Waals surface area contributed by atoms with E-state index in [2.05, 4.69) is 5.32 Å². The minimum Gasteiger partial charge on any atom is -0.346 e. The normalized spacial score (nSPS) is 12.4. The first-order valence-electron chi connectivity index (χ1n) is 6.77. The summed E-state index contributed by atoms with van der Waals surface area (Å²) in [6.07, 6.45) is 2.95. The molecular formula is C16H24NO+. The first kappa shape index (κ1) is 14.9. The summed E-state index contributed by atoms with van der Waals surface area (Å²) < 4.78 is 0. The molecule has 0 aliphatic carbocycles. The number of benzene rings is 1. The SMILES string of the molecule is [CH]CCCC[NH2+]CC(C)C(=O)c1ccc(C)cc1. The average Bonchev–Trinajstić information content (AvgIpc) is 2.38. The van der Waals surface area contributed by atoms with Gasteiger partial charge in [-0.25, -0.2) is 0 Å². The first-order valence-corrected chi connectivity index (χ1v) is 6.77. The van der Waals surface area contributed by atoms with Gasteiger partial charge >= 0.3 is 0 Å². The zero-order valence-corrected chi connectivity index (χ0v) is 11.5. The molecule has 0 aliphatic heterocycles. The zero-order chi connectivity index (χ0) is 13.4. The van der Waals surface area contributed by atoms with Crippen molar-refractivity contribution in [1.82, 2.24) is 0 Å². The first-order chi connectivity index (χ1) is 8.65. The molecule has 0 aromatic heterocycles. The van der Waals surface area contributed by atoms with Crippen LogP contribution in [0.1, 0.15) is 42.1 Å². The van der Waals surface area contributed by atoms with Crippen molar-refractivity contribution < 1.29 is 10.1 Å². The summed E-state index contributed by atoms with van der Waals surface area (Å²) in [6, 6.07) is 7.82. The number of aryl methyl sites for hydroxylation is 1. The predicted octanol–water partition coefficient (Wildman–Crippen LogP) is 2.26. The molecule has 2 N–H and O–H groups in total. The molecule has 18 heavy (non-hydrogen) atoms. The van der Waals surface area contributed by atoms with E-state index in [0.717, 1.165) is 37.9 Å². The maximum Gasteiger partial charge on any atom is 0.171 e. The van der Waals surface area contributed by atoms with Gasteiger partial charge in [0.2, 0.25) is 0 Å². The summed E-state index contributed by atoms with van der Waals surface area (Å²) in [6.45, 7) is 11.4. The van der Waals surface area contributed by atoms with Crippen molar-refractivity contribution >= 4 is 5.78 Å². The highest BCUT2D eigenvalue weighted by Crippen LogP contribution is 2.09. The van der Waals surface area contributed by atoms with Gasteiger partial charge < -0.3 is 5.32 Å². The van der Waals surface area contributed by atoms with Crippen LogP contribution in [0.4, 0.5) is 0 Å². The average molecular weight is 246 g/mol. The number of carbonyl (C=O) groups excluding carboxylic acids is 1. The summed E-state index contributed by atoms with van der Waals surface area (Å²) in [4.78, 5) is 12.1. The van der Waals surface area contributed by atoms with Gasteiger partial charge in [0.15, 0.2) is 5.78 Å². The molecule has 2 radical (unpaired) electrons. The number of rotatable bonds is 8. The number of hydrogen-bond donors (Lipinski definition) is 1. The van der Waals surface area contributed by atoms with E-state index in [1.165, 1.54) is 5.56 Å². The van der Waals surface area contributed by atoms with Crippen molar-refractivity contribution in [2.24, 2.45) is 5.92 Å². The predicted molar refractivity (Wildman–Crippen MR) is 74.5 cm³/mol. The van der Waals surface area contributed by atoms with Gasteiger partial charge in [0.05, 0.1) is 19.0 Å². The van der Waals surface area contributed by atoms with Crippen LogP contribution in [-0.2, 0) is 0 Å². The topological polar surface area (TPSA) is 33.7 Å². The van der Waals surface area contributed by atoms with E-state index in [1.807, 2.05) is 38.1 Å². The fourth-order valence-electron chi connectivity index (χ4n) is 1.91. The highest BCUT2D eigenvalue weighted by molar-refractivity contribution is 5.97. The van der Waals surface area contributed by atoms with Crippen molar-refractivity contribution in [2.45, 2.75) is 33.1 Å². The van der Waals surface area contributed by atoms with E-state index >= 15 is 0 Å². The molecule has 1 aromatic rings. The van der Waals surface area contributed by atoms with Gasteiger partial charge in [-0.05, 0) is 40.0 Å². The number of carbonyl (C=O) groups is 1. The van der Waals surface area contributed by atoms with E-state index in [4.69, 9.17) is 6.92 Å². The molecule has 98 valence electrons. The molecule has 1 aromatic carbocycles. The molecular weight excluding hydrogens is 222 g/mol. The number of Topliss-reactive ketones (excluding diaryl/α,β-unsaturated/α-hetero) is 1. The Morgan fingerprint density at radius 1 is 1.28 bits per heavy atom. The van der Waals surface area contributed by atoms with Crippen LogP contribution in [-0.4, -0.2) is 18.9 Å². The maximum absolute atomic E-state index is 12.1. The molecule has 0 heterocycles. The summed E-state index contributed by atoms with van der Waals surface area (Å²) >= 11 is 0. The standard InChI is InChI=1S/C16H23NO/c1-4-5-6-11-17-12-14(3)16(18)15-9-7-13(2)8-10-15/h1,7-10,14,17H,4-6,11-12H2,2-3H3/p+1. The Labute approximate surface area is 111 Å². The summed E-state index contributed by atoms with van der Waals surface area (Å²) in [5, 5.41) is 2.21. The second-order valence-electron chi connectivity index (χ2n) is 4.94. The molecule has 0 bridgehead atoms. The molecule has 0 amide bonds. The third kappa shape index (κ3) is 5.01. The number of nitrogens with two attached hydrogens (primary N) is 1. The second kappa shape index (κ2) is 8.04.